The van der Waals surface area contributed by atoms with Gasteiger partial charge in [-0.2, -0.15) is 4.99 Å². The predicted molar refractivity (Wildman–Crippen MR) is 122 cm³/mol. The van der Waals surface area contributed by atoms with Crippen LogP contribution in [-0.4, -0.2) is 52.2 Å². The molecule has 0 bridgehead atoms. The van der Waals surface area contributed by atoms with Gasteiger partial charge in [0.15, 0.2) is 12.4 Å². The molecule has 0 aromatic heterocycles. The summed E-state index contributed by atoms with van der Waals surface area (Å²) in [6.07, 6.45) is 0. The van der Waals surface area contributed by atoms with Crippen molar-refractivity contribution in [3.8, 4) is 5.75 Å². The van der Waals surface area contributed by atoms with Crippen molar-refractivity contribution in [2.75, 3.05) is 12.4 Å². The number of ketones is 1. The normalized spacial score (nSPS) is 12.0. The van der Waals surface area contributed by atoms with Crippen molar-refractivity contribution < 1.29 is 29.0 Å². The maximum absolute atomic E-state index is 12.6. The van der Waals surface area contributed by atoms with E-state index >= 15 is 0 Å². The van der Waals surface area contributed by atoms with Gasteiger partial charge in [-0.1, -0.05) is 30.8 Å². The first kappa shape index (κ1) is 24.6. The van der Waals surface area contributed by atoms with E-state index in [2.05, 4.69) is 10.3 Å². The van der Waals surface area contributed by atoms with Gasteiger partial charge in [-0.15, -0.1) is 0 Å². The number of nitrogens with zero attached hydrogens (tertiary/aromatic N) is 1. The van der Waals surface area contributed by atoms with E-state index in [0.29, 0.717) is 28.2 Å². The monoisotopic (exact) mass is 457 g/mol. The Morgan fingerprint density at radius 2 is 1.59 bits per heavy atom. The van der Waals surface area contributed by atoms with Gasteiger partial charge >= 0.3 is 11.2 Å². The minimum Gasteiger partial charge on any atom is -0.482 e. The molecule has 1 unspecified atom stereocenters. The Morgan fingerprint density at radius 3 is 2.16 bits per heavy atom. The van der Waals surface area contributed by atoms with Crippen LogP contribution >= 0.6 is 11.8 Å². The van der Waals surface area contributed by atoms with E-state index in [1.54, 1.807) is 19.1 Å². The number of aliphatic carboxylic acids is 1. The molecule has 0 saturated carbocycles. The second kappa shape index (κ2) is 11.7. The minimum absolute atomic E-state index is 0.0576. The molecule has 32 heavy (non-hydrogen) atoms. The maximum Gasteiger partial charge on any atom is 0.341 e. The maximum atomic E-state index is 12.6. The molecule has 0 saturated heterocycles. The van der Waals surface area contributed by atoms with E-state index in [9.17, 15) is 19.2 Å². The number of amides is 2. The second-order valence-electron chi connectivity index (χ2n) is 6.54. The van der Waals surface area contributed by atoms with Crippen LogP contribution < -0.4 is 15.8 Å². The number of nitrogens with two attached hydrogens (primary N) is 1. The van der Waals surface area contributed by atoms with Crippen LogP contribution in [0, 0.1) is 0 Å². The van der Waals surface area contributed by atoms with Crippen molar-refractivity contribution in [2.45, 2.75) is 19.9 Å². The fourth-order valence-electron chi connectivity index (χ4n) is 2.57. The largest absolute Gasteiger partial charge is 0.482 e. The Labute approximate surface area is 189 Å². The van der Waals surface area contributed by atoms with Gasteiger partial charge in [-0.25, -0.2) is 4.79 Å². The third-order valence-electron chi connectivity index (χ3n) is 4.16. The molecule has 0 aliphatic rings. The molecule has 2 aromatic carbocycles. The fourth-order valence-corrected chi connectivity index (χ4v) is 2.98. The van der Waals surface area contributed by atoms with E-state index in [0.717, 1.165) is 11.8 Å². The zero-order valence-electron chi connectivity index (χ0n) is 17.5. The first-order valence-corrected chi connectivity index (χ1v) is 10.6. The molecular weight excluding hydrogens is 434 g/mol. The molecule has 9 nitrogen and oxygen atoms in total. The Morgan fingerprint density at radius 1 is 1.03 bits per heavy atom. The zero-order chi connectivity index (χ0) is 23.7. The number of carbonyl (C=O) groups is 4. The summed E-state index contributed by atoms with van der Waals surface area (Å²) in [5.74, 6) is -0.905. The van der Waals surface area contributed by atoms with Gasteiger partial charge in [-0.05, 0) is 49.1 Å². The van der Waals surface area contributed by atoms with Crippen LogP contribution in [0.5, 0.6) is 5.75 Å². The summed E-state index contributed by atoms with van der Waals surface area (Å²) in [4.78, 5) is 50.9. The van der Waals surface area contributed by atoms with E-state index < -0.39 is 24.5 Å². The second-order valence-corrected chi connectivity index (χ2v) is 7.75. The molecule has 168 valence electrons. The molecule has 0 spiro atoms. The van der Waals surface area contributed by atoms with Gasteiger partial charge in [0, 0.05) is 16.7 Å². The van der Waals surface area contributed by atoms with Crippen LogP contribution in [0.2, 0.25) is 0 Å². The standard InChI is InChI=1S/C22H23N3O6S/c1-3-32-22(30)25-20(23)15-4-6-16(7-5-15)21(29)24-13(2)19(28)14-8-10-17(11-9-14)31-12-18(26)27/h4-11,13H,3,12H2,1-2H3,(H,24,29)(H,26,27)(H2,23,25,30). The number of aliphatic imine (C=N–C) groups is 1. The number of carboxylic acid groups (broad SMARTS) is 1. The number of hydrogen-bond acceptors (Lipinski definition) is 6. The molecule has 2 aromatic rings. The highest BCUT2D eigenvalue weighted by atomic mass is 32.2. The van der Waals surface area contributed by atoms with Crippen molar-refractivity contribution in [1.29, 1.82) is 0 Å². The Kier molecular flexibility index (Phi) is 8.96. The smallest absolute Gasteiger partial charge is 0.341 e. The van der Waals surface area contributed by atoms with Crippen molar-refractivity contribution in [1.82, 2.24) is 5.32 Å². The number of hydrogen-bond donors (Lipinski definition) is 3. The summed E-state index contributed by atoms with van der Waals surface area (Å²) in [6, 6.07) is 11.3. The highest BCUT2D eigenvalue weighted by Gasteiger charge is 2.18. The van der Waals surface area contributed by atoms with Gasteiger partial charge in [0.2, 0.25) is 0 Å². The first-order chi connectivity index (χ1) is 15.2. The highest BCUT2D eigenvalue weighted by Crippen LogP contribution is 2.14. The van der Waals surface area contributed by atoms with Gasteiger partial charge < -0.3 is 20.9 Å². The number of carbonyl (C=O) groups excluding carboxylic acids is 3. The number of benzene rings is 2. The summed E-state index contributed by atoms with van der Waals surface area (Å²) in [5.41, 5.74) is 6.97. The molecule has 1 atom stereocenters. The van der Waals surface area contributed by atoms with Crippen LogP contribution in [0.1, 0.15) is 40.1 Å². The minimum atomic E-state index is -1.10. The lowest BCUT2D eigenvalue weighted by Gasteiger charge is -2.14. The number of carboxylic acids is 1. The van der Waals surface area contributed by atoms with E-state index in [-0.39, 0.29) is 16.9 Å². The number of rotatable bonds is 9. The molecule has 0 heterocycles. The van der Waals surface area contributed by atoms with Crippen molar-refractivity contribution in [2.24, 2.45) is 10.7 Å². The molecule has 2 amide bonds. The van der Waals surface area contributed by atoms with Gasteiger partial charge in [0.05, 0.1) is 6.04 Å². The number of thioether (sulfide) groups is 1. The van der Waals surface area contributed by atoms with Crippen molar-refractivity contribution in [3.05, 3.63) is 65.2 Å². The molecule has 0 aliphatic carbocycles. The Balaban J connectivity index is 1.98. The molecule has 10 heteroatoms. The summed E-state index contributed by atoms with van der Waals surface area (Å²) in [5, 5.41) is 10.9. The average Bonchev–Trinajstić information content (AvgIpc) is 2.77. The van der Waals surface area contributed by atoms with Crippen LogP contribution in [0.4, 0.5) is 4.79 Å². The molecule has 0 fully saturated rings. The average molecular weight is 458 g/mol. The molecule has 0 aliphatic heterocycles. The van der Waals surface area contributed by atoms with Crippen LogP contribution in [0.15, 0.2) is 53.5 Å². The van der Waals surface area contributed by atoms with Gasteiger partial charge in [0.25, 0.3) is 5.91 Å². The summed E-state index contributed by atoms with van der Waals surface area (Å²) in [7, 11) is 0. The Bertz CT molecular complexity index is 1020. The molecular formula is C22H23N3O6S. The van der Waals surface area contributed by atoms with E-state index in [4.69, 9.17) is 15.6 Å². The lowest BCUT2D eigenvalue weighted by Crippen LogP contribution is -2.38. The summed E-state index contributed by atoms with van der Waals surface area (Å²) in [6.45, 7) is 2.91. The van der Waals surface area contributed by atoms with Gasteiger partial charge in [-0.3, -0.25) is 14.4 Å². The number of nitrogens with one attached hydrogen (secondary N) is 1. The topological polar surface area (TPSA) is 148 Å². The summed E-state index contributed by atoms with van der Waals surface area (Å²) < 4.78 is 5.03. The van der Waals surface area contributed by atoms with Gasteiger partial charge in [0.1, 0.15) is 11.6 Å². The third-order valence-corrected chi connectivity index (χ3v) is 4.79. The first-order valence-electron chi connectivity index (χ1n) is 9.62. The molecule has 4 N–H and O–H groups in total. The quantitative estimate of drug-likeness (QED) is 0.296. The summed E-state index contributed by atoms with van der Waals surface area (Å²) >= 11 is 1.04. The van der Waals surface area contributed by atoms with Crippen LogP contribution in [0.25, 0.3) is 0 Å². The lowest BCUT2D eigenvalue weighted by molar-refractivity contribution is -0.139. The molecule has 2 rings (SSSR count). The third kappa shape index (κ3) is 7.24. The highest BCUT2D eigenvalue weighted by molar-refractivity contribution is 8.13. The van der Waals surface area contributed by atoms with E-state index in [1.807, 2.05) is 6.92 Å². The number of amidine groups is 1. The van der Waals surface area contributed by atoms with E-state index in [1.165, 1.54) is 36.4 Å². The Hall–Kier alpha value is -3.66. The van der Waals surface area contributed by atoms with Crippen LogP contribution in [-0.2, 0) is 4.79 Å². The number of ether oxygens (including phenoxy) is 1. The van der Waals surface area contributed by atoms with Crippen LogP contribution in [0.3, 0.4) is 0 Å². The van der Waals surface area contributed by atoms with Crippen molar-refractivity contribution >= 4 is 40.5 Å². The molecule has 0 radical (unpaired) electrons. The predicted octanol–water partition coefficient (Wildman–Crippen LogP) is 2.73. The lowest BCUT2D eigenvalue weighted by atomic mass is 10.0. The fraction of sp³-hybridized carbons (Fsp3) is 0.227. The number of Topliss-reactive ketones (excluding diaryl/α,β-unsaturated/α-hetero) is 1. The SMILES string of the molecule is CCSC(=O)N=C(N)c1ccc(C(=O)NC(C)C(=O)c2ccc(OCC(=O)O)cc2)cc1. The van der Waals surface area contributed by atoms with Crippen molar-refractivity contribution in [3.63, 3.8) is 0 Å². The zero-order valence-corrected chi connectivity index (χ0v) is 18.3.